The second kappa shape index (κ2) is 9.69. The molecule has 0 saturated carbocycles. The van der Waals surface area contributed by atoms with Gasteiger partial charge in [-0.05, 0) is 44.9 Å². The van der Waals surface area contributed by atoms with Crippen molar-refractivity contribution in [3.05, 3.63) is 23.9 Å². The molecule has 114 valence electrons. The SMILES string of the molecule is CCCNC(Cc1cccnc1N)C(OCC)OCC. The molecule has 0 amide bonds. The van der Waals surface area contributed by atoms with Crippen LogP contribution in [0, 0.1) is 0 Å². The lowest BCUT2D eigenvalue weighted by atomic mass is 10.1. The van der Waals surface area contributed by atoms with Crippen LogP contribution < -0.4 is 11.1 Å². The summed E-state index contributed by atoms with van der Waals surface area (Å²) >= 11 is 0. The largest absolute Gasteiger partial charge is 0.383 e. The highest BCUT2D eigenvalue weighted by Gasteiger charge is 2.23. The average Bonchev–Trinajstić information content (AvgIpc) is 2.45. The minimum absolute atomic E-state index is 0.0707. The third kappa shape index (κ3) is 5.45. The summed E-state index contributed by atoms with van der Waals surface area (Å²) in [5, 5.41) is 3.48. The molecule has 0 aliphatic rings. The predicted octanol–water partition coefficient (Wildman–Crippen LogP) is 1.97. The first-order chi connectivity index (χ1) is 9.72. The van der Waals surface area contributed by atoms with Crippen molar-refractivity contribution in [3.8, 4) is 0 Å². The molecule has 0 bridgehead atoms. The lowest BCUT2D eigenvalue weighted by molar-refractivity contribution is -0.153. The fourth-order valence-electron chi connectivity index (χ4n) is 2.06. The van der Waals surface area contributed by atoms with E-state index in [0.717, 1.165) is 24.9 Å². The molecule has 0 spiro atoms. The van der Waals surface area contributed by atoms with E-state index in [1.54, 1.807) is 6.20 Å². The van der Waals surface area contributed by atoms with E-state index in [1.807, 2.05) is 26.0 Å². The Bertz CT molecular complexity index is 368. The molecular weight excluding hydrogens is 254 g/mol. The van der Waals surface area contributed by atoms with E-state index in [1.165, 1.54) is 0 Å². The van der Waals surface area contributed by atoms with Crippen molar-refractivity contribution in [3.63, 3.8) is 0 Å². The van der Waals surface area contributed by atoms with Gasteiger partial charge in [-0.15, -0.1) is 0 Å². The molecule has 0 aliphatic carbocycles. The van der Waals surface area contributed by atoms with E-state index in [4.69, 9.17) is 15.2 Å². The van der Waals surface area contributed by atoms with Crippen molar-refractivity contribution in [1.82, 2.24) is 10.3 Å². The molecule has 1 heterocycles. The number of nitrogens with one attached hydrogen (secondary N) is 1. The van der Waals surface area contributed by atoms with Crippen LogP contribution in [-0.2, 0) is 15.9 Å². The summed E-state index contributed by atoms with van der Waals surface area (Å²) in [5.74, 6) is 0.572. The Kier molecular flexibility index (Phi) is 8.18. The molecule has 0 aromatic carbocycles. The Hall–Kier alpha value is -1.17. The van der Waals surface area contributed by atoms with Gasteiger partial charge in [-0.1, -0.05) is 13.0 Å². The van der Waals surface area contributed by atoms with Gasteiger partial charge in [-0.25, -0.2) is 4.98 Å². The van der Waals surface area contributed by atoms with Crippen LogP contribution in [0.25, 0.3) is 0 Å². The van der Waals surface area contributed by atoms with Crippen molar-refractivity contribution in [2.45, 2.75) is 45.9 Å². The minimum Gasteiger partial charge on any atom is -0.383 e. The Balaban J connectivity index is 2.78. The fraction of sp³-hybridized carbons (Fsp3) is 0.667. The number of nitrogen functional groups attached to an aromatic ring is 1. The summed E-state index contributed by atoms with van der Waals surface area (Å²) in [6.07, 6.45) is 3.24. The van der Waals surface area contributed by atoms with E-state index in [9.17, 15) is 0 Å². The number of pyridine rings is 1. The Labute approximate surface area is 121 Å². The third-order valence-corrected chi connectivity index (χ3v) is 3.01. The van der Waals surface area contributed by atoms with Crippen molar-refractivity contribution >= 4 is 5.82 Å². The molecule has 1 atom stereocenters. The van der Waals surface area contributed by atoms with Gasteiger partial charge in [0.15, 0.2) is 6.29 Å². The van der Waals surface area contributed by atoms with Crippen LogP contribution in [0.1, 0.15) is 32.8 Å². The quantitative estimate of drug-likeness (QED) is 0.642. The van der Waals surface area contributed by atoms with E-state index >= 15 is 0 Å². The maximum atomic E-state index is 5.93. The van der Waals surface area contributed by atoms with Crippen LogP contribution in [0.2, 0.25) is 0 Å². The zero-order chi connectivity index (χ0) is 14.8. The smallest absolute Gasteiger partial charge is 0.172 e. The predicted molar refractivity (Wildman–Crippen MR) is 81.5 cm³/mol. The van der Waals surface area contributed by atoms with Gasteiger partial charge in [0.2, 0.25) is 0 Å². The summed E-state index contributed by atoms with van der Waals surface area (Å²) in [5.41, 5.74) is 6.94. The summed E-state index contributed by atoms with van der Waals surface area (Å²) in [6, 6.07) is 3.97. The number of aromatic nitrogens is 1. The number of anilines is 1. The fourth-order valence-corrected chi connectivity index (χ4v) is 2.06. The van der Waals surface area contributed by atoms with Crippen LogP contribution in [0.4, 0.5) is 5.82 Å². The topological polar surface area (TPSA) is 69.4 Å². The van der Waals surface area contributed by atoms with Gasteiger partial charge in [-0.2, -0.15) is 0 Å². The number of hydrogen-bond acceptors (Lipinski definition) is 5. The molecule has 5 nitrogen and oxygen atoms in total. The number of ether oxygens (including phenoxy) is 2. The van der Waals surface area contributed by atoms with Gasteiger partial charge in [0, 0.05) is 19.4 Å². The highest BCUT2D eigenvalue weighted by atomic mass is 16.7. The highest BCUT2D eigenvalue weighted by molar-refractivity contribution is 5.38. The normalized spacial score (nSPS) is 12.8. The maximum absolute atomic E-state index is 5.93. The van der Waals surface area contributed by atoms with Gasteiger partial charge in [0.25, 0.3) is 0 Å². The molecule has 1 rings (SSSR count). The van der Waals surface area contributed by atoms with Crippen LogP contribution in [0.3, 0.4) is 0 Å². The molecular formula is C15H27N3O2. The Morgan fingerprint density at radius 1 is 1.25 bits per heavy atom. The van der Waals surface area contributed by atoms with Gasteiger partial charge >= 0.3 is 0 Å². The van der Waals surface area contributed by atoms with Crippen molar-refractivity contribution in [1.29, 1.82) is 0 Å². The second-order valence-electron chi connectivity index (χ2n) is 4.59. The molecule has 0 aliphatic heterocycles. The lowest BCUT2D eigenvalue weighted by Crippen LogP contribution is -2.45. The summed E-state index contributed by atoms with van der Waals surface area (Å²) in [7, 11) is 0. The Morgan fingerprint density at radius 3 is 2.50 bits per heavy atom. The average molecular weight is 281 g/mol. The zero-order valence-electron chi connectivity index (χ0n) is 12.8. The second-order valence-corrected chi connectivity index (χ2v) is 4.59. The van der Waals surface area contributed by atoms with Crippen LogP contribution in [-0.4, -0.2) is 37.1 Å². The first-order valence-corrected chi connectivity index (χ1v) is 7.38. The maximum Gasteiger partial charge on any atom is 0.172 e. The molecule has 1 aromatic heterocycles. The standard InChI is InChI=1S/C15H27N3O2/c1-4-9-17-13(15(19-5-2)20-6-3)11-12-8-7-10-18-14(12)16/h7-8,10,13,15,17H,4-6,9,11H2,1-3H3,(H2,16,18). The number of nitrogens with two attached hydrogens (primary N) is 1. The molecule has 0 radical (unpaired) electrons. The van der Waals surface area contributed by atoms with Crippen LogP contribution in [0.15, 0.2) is 18.3 Å². The molecule has 1 unspecified atom stereocenters. The van der Waals surface area contributed by atoms with Gasteiger partial charge in [0.1, 0.15) is 5.82 Å². The monoisotopic (exact) mass is 281 g/mol. The van der Waals surface area contributed by atoms with Crippen LogP contribution in [0.5, 0.6) is 0 Å². The molecule has 0 saturated heterocycles. The van der Waals surface area contributed by atoms with Crippen molar-refractivity contribution in [2.75, 3.05) is 25.5 Å². The lowest BCUT2D eigenvalue weighted by Gasteiger charge is -2.28. The molecule has 20 heavy (non-hydrogen) atoms. The number of rotatable bonds is 10. The van der Waals surface area contributed by atoms with Crippen molar-refractivity contribution in [2.24, 2.45) is 0 Å². The minimum atomic E-state index is -0.267. The van der Waals surface area contributed by atoms with Gasteiger partial charge in [-0.3, -0.25) is 0 Å². The first kappa shape index (κ1) is 16.9. The number of hydrogen-bond donors (Lipinski definition) is 2. The van der Waals surface area contributed by atoms with E-state index in [0.29, 0.717) is 19.0 Å². The summed E-state index contributed by atoms with van der Waals surface area (Å²) < 4.78 is 11.4. The third-order valence-electron chi connectivity index (χ3n) is 3.01. The van der Waals surface area contributed by atoms with E-state index in [-0.39, 0.29) is 12.3 Å². The molecule has 0 fully saturated rings. The van der Waals surface area contributed by atoms with Crippen LogP contribution >= 0.6 is 0 Å². The summed E-state index contributed by atoms with van der Waals surface area (Å²) in [4.78, 5) is 4.13. The zero-order valence-corrected chi connectivity index (χ0v) is 12.8. The molecule has 3 N–H and O–H groups in total. The molecule has 5 heteroatoms. The number of nitrogens with zero attached hydrogens (tertiary/aromatic N) is 1. The van der Waals surface area contributed by atoms with E-state index < -0.39 is 0 Å². The first-order valence-electron chi connectivity index (χ1n) is 7.38. The molecule has 1 aromatic rings. The van der Waals surface area contributed by atoms with Crippen molar-refractivity contribution < 1.29 is 9.47 Å². The summed E-state index contributed by atoms with van der Waals surface area (Å²) in [6.45, 7) is 8.25. The highest BCUT2D eigenvalue weighted by Crippen LogP contribution is 2.14. The van der Waals surface area contributed by atoms with E-state index in [2.05, 4.69) is 17.2 Å². The Morgan fingerprint density at radius 2 is 1.95 bits per heavy atom. The van der Waals surface area contributed by atoms with Gasteiger partial charge in [0.05, 0.1) is 6.04 Å². The van der Waals surface area contributed by atoms with Gasteiger partial charge < -0.3 is 20.5 Å².